The molecule has 2 aliphatic rings. The van der Waals surface area contributed by atoms with Crippen LogP contribution in [0.15, 0.2) is 42.5 Å². The number of methoxy groups -OCH3 is 1. The van der Waals surface area contributed by atoms with Crippen molar-refractivity contribution < 1.29 is 13.9 Å². The summed E-state index contributed by atoms with van der Waals surface area (Å²) < 4.78 is 18.9. The van der Waals surface area contributed by atoms with Crippen molar-refractivity contribution in [3.63, 3.8) is 0 Å². The molecule has 4 nitrogen and oxygen atoms in total. The fourth-order valence-electron chi connectivity index (χ4n) is 4.19. The summed E-state index contributed by atoms with van der Waals surface area (Å²) in [4.78, 5) is 18.5. The molecule has 1 saturated carbocycles. The Morgan fingerprint density at radius 2 is 1.96 bits per heavy atom. The van der Waals surface area contributed by atoms with Gasteiger partial charge in [0, 0.05) is 29.1 Å². The van der Waals surface area contributed by atoms with Gasteiger partial charge in [-0.15, -0.1) is 0 Å². The Balaban J connectivity index is 1.67. The average molecular weight is 364 g/mol. The Morgan fingerprint density at radius 3 is 2.67 bits per heavy atom. The fraction of sp³-hybridized carbons (Fsp3) is 0.318. The van der Waals surface area contributed by atoms with Crippen LogP contribution in [-0.4, -0.2) is 29.4 Å². The molecule has 138 valence electrons. The first-order valence-electron chi connectivity index (χ1n) is 9.40. The molecule has 1 fully saturated rings. The minimum atomic E-state index is -0.267. The Morgan fingerprint density at radius 1 is 1.19 bits per heavy atom. The molecule has 1 N–H and O–H groups in total. The van der Waals surface area contributed by atoms with E-state index in [1.807, 2.05) is 23.1 Å². The molecule has 5 rings (SSSR count). The van der Waals surface area contributed by atoms with Gasteiger partial charge in [-0.25, -0.2) is 4.39 Å². The van der Waals surface area contributed by atoms with Gasteiger partial charge >= 0.3 is 0 Å². The Kier molecular flexibility index (Phi) is 3.71. The third-order valence-electron chi connectivity index (χ3n) is 5.73. The van der Waals surface area contributed by atoms with Crippen molar-refractivity contribution in [2.45, 2.75) is 25.3 Å². The lowest BCUT2D eigenvalue weighted by molar-refractivity contribution is -0.134. The molecule has 1 aliphatic carbocycles. The number of amides is 1. The number of carbonyl (C=O) groups is 1. The number of hydrogen-bond donors (Lipinski definition) is 1. The molecule has 5 heteroatoms. The summed E-state index contributed by atoms with van der Waals surface area (Å²) in [5.41, 5.74) is 4.22. The van der Waals surface area contributed by atoms with Gasteiger partial charge in [0.15, 0.2) is 0 Å². The summed E-state index contributed by atoms with van der Waals surface area (Å²) in [5.74, 6) is 0.917. The smallest absolute Gasteiger partial charge is 0.226 e. The number of aromatic nitrogens is 1. The summed E-state index contributed by atoms with van der Waals surface area (Å²) in [6, 6.07) is 12.3. The molecule has 1 aromatic heterocycles. The minimum Gasteiger partial charge on any atom is -0.497 e. The topological polar surface area (TPSA) is 45.3 Å². The predicted molar refractivity (Wildman–Crippen MR) is 101 cm³/mol. The van der Waals surface area contributed by atoms with E-state index >= 15 is 0 Å². The number of nitrogens with one attached hydrogen (secondary N) is 1. The first-order valence-corrected chi connectivity index (χ1v) is 9.40. The Labute approximate surface area is 156 Å². The highest BCUT2D eigenvalue weighted by atomic mass is 19.1. The second-order valence-corrected chi connectivity index (χ2v) is 7.44. The summed E-state index contributed by atoms with van der Waals surface area (Å²) in [5, 5.41) is 1.13. The number of ether oxygens (including phenoxy) is 1. The molecule has 1 aliphatic heterocycles. The van der Waals surface area contributed by atoms with E-state index in [-0.39, 0.29) is 23.7 Å². The van der Waals surface area contributed by atoms with Crippen LogP contribution < -0.4 is 4.74 Å². The summed E-state index contributed by atoms with van der Waals surface area (Å²) in [6.07, 6.45) is 2.75. The second kappa shape index (κ2) is 6.12. The van der Waals surface area contributed by atoms with Crippen molar-refractivity contribution in [3.05, 3.63) is 65.1 Å². The Hall–Kier alpha value is -2.82. The van der Waals surface area contributed by atoms with Crippen LogP contribution in [0.1, 0.15) is 35.7 Å². The fourth-order valence-corrected chi connectivity index (χ4v) is 4.19. The zero-order chi connectivity index (χ0) is 18.5. The number of aromatic amines is 1. The SMILES string of the molecule is COc1ccc2[nH]c3c(c2c1)CCN(C(=O)C1CC1)[C@H]3c1ccc(F)cc1. The molecule has 0 bridgehead atoms. The highest BCUT2D eigenvalue weighted by molar-refractivity contribution is 5.88. The van der Waals surface area contributed by atoms with Gasteiger partial charge < -0.3 is 14.6 Å². The van der Waals surface area contributed by atoms with Crippen molar-refractivity contribution in [3.8, 4) is 5.75 Å². The summed E-state index contributed by atoms with van der Waals surface area (Å²) >= 11 is 0. The van der Waals surface area contributed by atoms with Crippen LogP contribution in [0, 0.1) is 11.7 Å². The number of fused-ring (bicyclic) bond motifs is 3. The predicted octanol–water partition coefficient (Wildman–Crippen LogP) is 4.20. The molecule has 2 heterocycles. The lowest BCUT2D eigenvalue weighted by Gasteiger charge is -2.36. The number of halogens is 1. The number of H-pyrrole nitrogens is 1. The van der Waals surface area contributed by atoms with Crippen molar-refractivity contribution >= 4 is 16.8 Å². The number of hydrogen-bond acceptors (Lipinski definition) is 2. The molecule has 1 atom stereocenters. The van der Waals surface area contributed by atoms with E-state index in [9.17, 15) is 9.18 Å². The molecule has 1 amide bonds. The quantitative estimate of drug-likeness (QED) is 0.757. The second-order valence-electron chi connectivity index (χ2n) is 7.44. The van der Waals surface area contributed by atoms with E-state index in [1.54, 1.807) is 19.2 Å². The highest BCUT2D eigenvalue weighted by Gasteiger charge is 2.40. The van der Waals surface area contributed by atoms with Crippen LogP contribution in [0.25, 0.3) is 10.9 Å². The van der Waals surface area contributed by atoms with Crippen LogP contribution in [0.4, 0.5) is 4.39 Å². The lowest BCUT2D eigenvalue weighted by Crippen LogP contribution is -2.41. The van der Waals surface area contributed by atoms with E-state index < -0.39 is 0 Å². The van der Waals surface area contributed by atoms with Crippen molar-refractivity contribution in [2.24, 2.45) is 5.92 Å². The van der Waals surface area contributed by atoms with Crippen LogP contribution in [-0.2, 0) is 11.2 Å². The number of carbonyl (C=O) groups excluding carboxylic acids is 1. The summed E-state index contributed by atoms with van der Waals surface area (Å²) in [6.45, 7) is 0.675. The molecular formula is C22H21FN2O2. The molecule has 3 aromatic rings. The maximum Gasteiger partial charge on any atom is 0.226 e. The van der Waals surface area contributed by atoms with Crippen LogP contribution in [0.2, 0.25) is 0 Å². The zero-order valence-electron chi connectivity index (χ0n) is 15.2. The number of rotatable bonds is 3. The third-order valence-corrected chi connectivity index (χ3v) is 5.73. The van der Waals surface area contributed by atoms with Crippen molar-refractivity contribution in [2.75, 3.05) is 13.7 Å². The number of nitrogens with zero attached hydrogens (tertiary/aromatic N) is 1. The van der Waals surface area contributed by atoms with E-state index in [2.05, 4.69) is 4.98 Å². The largest absolute Gasteiger partial charge is 0.497 e. The lowest BCUT2D eigenvalue weighted by atomic mass is 9.92. The normalized spacial score (nSPS) is 19.2. The van der Waals surface area contributed by atoms with Crippen molar-refractivity contribution in [1.82, 2.24) is 9.88 Å². The van der Waals surface area contributed by atoms with Gasteiger partial charge in [-0.3, -0.25) is 4.79 Å². The van der Waals surface area contributed by atoms with E-state index in [0.29, 0.717) is 6.54 Å². The summed E-state index contributed by atoms with van der Waals surface area (Å²) in [7, 11) is 1.66. The molecule has 2 aromatic carbocycles. The zero-order valence-corrected chi connectivity index (χ0v) is 15.2. The van der Waals surface area contributed by atoms with E-state index in [4.69, 9.17) is 4.74 Å². The van der Waals surface area contributed by atoms with Gasteiger partial charge in [0.05, 0.1) is 13.2 Å². The molecule has 27 heavy (non-hydrogen) atoms. The Bertz CT molecular complexity index is 1020. The first-order chi connectivity index (χ1) is 13.2. The van der Waals surface area contributed by atoms with Gasteiger partial charge in [0.25, 0.3) is 0 Å². The van der Waals surface area contributed by atoms with Gasteiger partial charge in [-0.2, -0.15) is 0 Å². The molecule has 0 spiro atoms. The molecule has 0 saturated heterocycles. The van der Waals surface area contributed by atoms with E-state index in [1.165, 1.54) is 17.7 Å². The molecular weight excluding hydrogens is 343 g/mol. The average Bonchev–Trinajstić information content (AvgIpc) is 3.48. The number of benzene rings is 2. The van der Waals surface area contributed by atoms with Crippen LogP contribution >= 0.6 is 0 Å². The van der Waals surface area contributed by atoms with Gasteiger partial charge in [0.1, 0.15) is 11.6 Å². The third kappa shape index (κ3) is 2.69. The van der Waals surface area contributed by atoms with E-state index in [0.717, 1.165) is 47.2 Å². The van der Waals surface area contributed by atoms with Crippen molar-refractivity contribution in [1.29, 1.82) is 0 Å². The van der Waals surface area contributed by atoms with Gasteiger partial charge in [0.2, 0.25) is 5.91 Å². The maximum atomic E-state index is 13.5. The first kappa shape index (κ1) is 16.4. The highest BCUT2D eigenvalue weighted by Crippen LogP contribution is 2.42. The minimum absolute atomic E-state index is 0.152. The van der Waals surface area contributed by atoms with Gasteiger partial charge in [-0.1, -0.05) is 12.1 Å². The van der Waals surface area contributed by atoms with Crippen LogP contribution in [0.5, 0.6) is 5.75 Å². The standard InChI is InChI=1S/C22H21FN2O2/c1-27-16-8-9-19-18(12-16)17-10-11-25(22(26)14-2-3-14)21(20(17)24-19)13-4-6-15(23)7-5-13/h4-9,12,14,21,24H,2-3,10-11H2,1H3/t21-/m0/s1. The molecule has 0 unspecified atom stereocenters. The monoisotopic (exact) mass is 364 g/mol. The maximum absolute atomic E-state index is 13.5. The van der Waals surface area contributed by atoms with Gasteiger partial charge in [-0.05, 0) is 60.7 Å². The molecule has 0 radical (unpaired) electrons. The van der Waals surface area contributed by atoms with Crippen LogP contribution in [0.3, 0.4) is 0 Å².